The second-order valence-electron chi connectivity index (χ2n) is 6.31. The number of nitriles is 1. The van der Waals surface area contributed by atoms with Crippen molar-refractivity contribution in [2.75, 3.05) is 0 Å². The number of benzene rings is 3. The lowest BCUT2D eigenvalue weighted by molar-refractivity contribution is 0.103. The molecule has 3 heteroatoms. The third-order valence-electron chi connectivity index (χ3n) is 4.58. The van der Waals surface area contributed by atoms with Gasteiger partial charge in [-0.05, 0) is 5.56 Å². The largest absolute Gasteiger partial charge is 0.289 e. The number of nitrogens with zero attached hydrogens (tertiary/aromatic N) is 2. The summed E-state index contributed by atoms with van der Waals surface area (Å²) in [7, 11) is 0. The fraction of sp³-hybridized carbons (Fsp3) is 0. The SMILES string of the molecule is N#Cc1c(-c2ccccc2)ncc(C(=O)c2ccccc2)c1-c1ccccc1. The van der Waals surface area contributed by atoms with Crippen LogP contribution in [-0.4, -0.2) is 10.8 Å². The van der Waals surface area contributed by atoms with Crippen molar-refractivity contribution in [1.82, 2.24) is 4.98 Å². The summed E-state index contributed by atoms with van der Waals surface area (Å²) in [5.41, 5.74) is 4.25. The Hall–Kier alpha value is -4.03. The monoisotopic (exact) mass is 360 g/mol. The minimum Gasteiger partial charge on any atom is -0.289 e. The smallest absolute Gasteiger partial charge is 0.195 e. The van der Waals surface area contributed by atoms with Crippen molar-refractivity contribution in [3.63, 3.8) is 0 Å². The molecular formula is C25H16N2O. The van der Waals surface area contributed by atoms with Crippen LogP contribution in [0, 0.1) is 11.3 Å². The summed E-state index contributed by atoms with van der Waals surface area (Å²) in [6.07, 6.45) is 1.58. The van der Waals surface area contributed by atoms with Gasteiger partial charge in [0.1, 0.15) is 6.07 Å². The van der Waals surface area contributed by atoms with Crippen LogP contribution in [0.5, 0.6) is 0 Å². The molecule has 0 spiro atoms. The number of ketones is 1. The highest BCUT2D eigenvalue weighted by molar-refractivity contribution is 6.13. The predicted molar refractivity (Wildman–Crippen MR) is 110 cm³/mol. The van der Waals surface area contributed by atoms with Gasteiger partial charge in [0, 0.05) is 22.9 Å². The molecule has 0 saturated carbocycles. The van der Waals surface area contributed by atoms with Crippen LogP contribution in [0.3, 0.4) is 0 Å². The first-order valence-corrected chi connectivity index (χ1v) is 8.93. The zero-order chi connectivity index (χ0) is 19.3. The molecular weight excluding hydrogens is 344 g/mol. The molecule has 0 amide bonds. The number of rotatable bonds is 4. The van der Waals surface area contributed by atoms with E-state index in [1.54, 1.807) is 18.3 Å². The van der Waals surface area contributed by atoms with Crippen LogP contribution in [0.1, 0.15) is 21.5 Å². The normalized spacial score (nSPS) is 10.2. The molecule has 0 bridgehead atoms. The van der Waals surface area contributed by atoms with E-state index in [1.165, 1.54) is 0 Å². The number of aromatic nitrogens is 1. The molecule has 0 radical (unpaired) electrons. The van der Waals surface area contributed by atoms with Crippen molar-refractivity contribution in [3.05, 3.63) is 114 Å². The topological polar surface area (TPSA) is 53.8 Å². The van der Waals surface area contributed by atoms with Gasteiger partial charge in [0.05, 0.1) is 16.8 Å². The highest BCUT2D eigenvalue weighted by atomic mass is 16.1. The lowest BCUT2D eigenvalue weighted by Gasteiger charge is -2.14. The van der Waals surface area contributed by atoms with Gasteiger partial charge < -0.3 is 0 Å². The molecule has 1 aromatic heterocycles. The van der Waals surface area contributed by atoms with Crippen molar-refractivity contribution in [2.45, 2.75) is 0 Å². The van der Waals surface area contributed by atoms with Crippen molar-refractivity contribution in [3.8, 4) is 28.5 Å². The number of carbonyl (C=O) groups is 1. The third kappa shape index (κ3) is 3.20. The Morgan fingerprint density at radius 3 is 1.86 bits per heavy atom. The van der Waals surface area contributed by atoms with Gasteiger partial charge in [-0.3, -0.25) is 9.78 Å². The fourth-order valence-corrected chi connectivity index (χ4v) is 3.26. The molecule has 0 atom stereocenters. The molecule has 3 nitrogen and oxygen atoms in total. The summed E-state index contributed by atoms with van der Waals surface area (Å²) in [4.78, 5) is 17.7. The number of hydrogen-bond acceptors (Lipinski definition) is 3. The number of carbonyl (C=O) groups excluding carboxylic acids is 1. The van der Waals surface area contributed by atoms with E-state index in [2.05, 4.69) is 11.1 Å². The maximum Gasteiger partial charge on any atom is 0.195 e. The highest BCUT2D eigenvalue weighted by Gasteiger charge is 2.22. The van der Waals surface area contributed by atoms with Gasteiger partial charge in [0.25, 0.3) is 0 Å². The van der Waals surface area contributed by atoms with Gasteiger partial charge in [-0.2, -0.15) is 5.26 Å². The van der Waals surface area contributed by atoms with Crippen LogP contribution >= 0.6 is 0 Å². The fourth-order valence-electron chi connectivity index (χ4n) is 3.26. The Morgan fingerprint density at radius 2 is 1.29 bits per heavy atom. The standard InChI is InChI=1S/C25H16N2O/c26-16-21-23(18-10-4-1-5-11-18)22(25(28)20-14-8-3-9-15-20)17-27-24(21)19-12-6-2-7-13-19/h1-15,17H. The predicted octanol–water partition coefficient (Wildman–Crippen LogP) is 5.52. The zero-order valence-electron chi connectivity index (χ0n) is 15.0. The van der Waals surface area contributed by atoms with Crippen LogP contribution in [0.15, 0.2) is 97.2 Å². The Morgan fingerprint density at radius 1 is 0.750 bits per heavy atom. The maximum atomic E-state index is 13.2. The first-order chi connectivity index (χ1) is 13.8. The summed E-state index contributed by atoms with van der Waals surface area (Å²) in [6, 6.07) is 30.4. The Balaban J connectivity index is 2.00. The van der Waals surface area contributed by atoms with Crippen molar-refractivity contribution in [1.29, 1.82) is 5.26 Å². The van der Waals surface area contributed by atoms with E-state index in [0.717, 1.165) is 11.1 Å². The first kappa shape index (κ1) is 17.4. The van der Waals surface area contributed by atoms with Crippen LogP contribution in [0.2, 0.25) is 0 Å². The first-order valence-electron chi connectivity index (χ1n) is 8.93. The molecule has 0 aliphatic carbocycles. The lowest BCUT2D eigenvalue weighted by Crippen LogP contribution is -2.07. The quantitative estimate of drug-likeness (QED) is 0.450. The van der Waals surface area contributed by atoms with E-state index in [0.29, 0.717) is 27.9 Å². The minimum absolute atomic E-state index is 0.150. The average Bonchev–Trinajstić information content (AvgIpc) is 2.79. The van der Waals surface area contributed by atoms with E-state index >= 15 is 0 Å². The van der Waals surface area contributed by atoms with E-state index in [4.69, 9.17) is 0 Å². The molecule has 4 aromatic rings. The second kappa shape index (κ2) is 7.69. The third-order valence-corrected chi connectivity index (χ3v) is 4.58. The molecule has 0 unspecified atom stereocenters. The number of pyridine rings is 1. The van der Waals surface area contributed by atoms with Gasteiger partial charge in [0.2, 0.25) is 0 Å². The molecule has 0 fully saturated rings. The van der Waals surface area contributed by atoms with Gasteiger partial charge >= 0.3 is 0 Å². The molecule has 0 N–H and O–H groups in total. The van der Waals surface area contributed by atoms with E-state index in [-0.39, 0.29) is 5.78 Å². The molecule has 132 valence electrons. The van der Waals surface area contributed by atoms with Crippen molar-refractivity contribution >= 4 is 5.78 Å². The Kier molecular flexibility index (Phi) is 4.78. The van der Waals surface area contributed by atoms with Crippen LogP contribution in [0.4, 0.5) is 0 Å². The summed E-state index contributed by atoms with van der Waals surface area (Å²) >= 11 is 0. The van der Waals surface area contributed by atoms with Crippen LogP contribution < -0.4 is 0 Å². The molecule has 0 aliphatic rings. The van der Waals surface area contributed by atoms with Gasteiger partial charge in [-0.25, -0.2) is 0 Å². The molecule has 28 heavy (non-hydrogen) atoms. The summed E-state index contributed by atoms with van der Waals surface area (Å²) < 4.78 is 0. The molecule has 3 aromatic carbocycles. The number of hydrogen-bond donors (Lipinski definition) is 0. The molecule has 0 saturated heterocycles. The van der Waals surface area contributed by atoms with Crippen molar-refractivity contribution < 1.29 is 4.79 Å². The zero-order valence-corrected chi connectivity index (χ0v) is 15.0. The minimum atomic E-state index is -0.150. The molecule has 4 rings (SSSR count). The highest BCUT2D eigenvalue weighted by Crippen LogP contribution is 2.34. The van der Waals surface area contributed by atoms with E-state index < -0.39 is 0 Å². The Bertz CT molecular complexity index is 1160. The molecule has 1 heterocycles. The lowest BCUT2D eigenvalue weighted by atomic mass is 9.89. The van der Waals surface area contributed by atoms with Crippen LogP contribution in [-0.2, 0) is 0 Å². The Labute approximate surface area is 163 Å². The van der Waals surface area contributed by atoms with Crippen molar-refractivity contribution in [2.24, 2.45) is 0 Å². The summed E-state index contributed by atoms with van der Waals surface area (Å²) in [5.74, 6) is -0.150. The summed E-state index contributed by atoms with van der Waals surface area (Å²) in [6.45, 7) is 0. The summed E-state index contributed by atoms with van der Waals surface area (Å²) in [5, 5.41) is 10.00. The van der Waals surface area contributed by atoms with E-state index in [9.17, 15) is 10.1 Å². The van der Waals surface area contributed by atoms with Gasteiger partial charge in [-0.15, -0.1) is 0 Å². The second-order valence-corrected chi connectivity index (χ2v) is 6.31. The van der Waals surface area contributed by atoms with Crippen LogP contribution in [0.25, 0.3) is 22.4 Å². The van der Waals surface area contributed by atoms with E-state index in [1.807, 2.05) is 78.9 Å². The van der Waals surface area contributed by atoms with Gasteiger partial charge in [0.15, 0.2) is 5.78 Å². The average molecular weight is 360 g/mol. The maximum absolute atomic E-state index is 13.2. The molecule has 0 aliphatic heterocycles. The van der Waals surface area contributed by atoms with Gasteiger partial charge in [-0.1, -0.05) is 91.0 Å².